The van der Waals surface area contributed by atoms with Crippen molar-refractivity contribution in [3.05, 3.63) is 82.3 Å². The van der Waals surface area contributed by atoms with E-state index < -0.39 is 0 Å². The highest BCUT2D eigenvalue weighted by atomic mass is 32.1. The van der Waals surface area contributed by atoms with E-state index in [1.54, 1.807) is 24.6 Å². The van der Waals surface area contributed by atoms with Crippen LogP contribution in [0.3, 0.4) is 0 Å². The highest BCUT2D eigenvalue weighted by Crippen LogP contribution is 2.30. The molecule has 6 heteroatoms. The van der Waals surface area contributed by atoms with E-state index in [-0.39, 0.29) is 11.9 Å². The Balaban J connectivity index is 1.47. The third-order valence-corrected chi connectivity index (χ3v) is 5.95. The molecule has 29 heavy (non-hydrogen) atoms. The molecule has 1 N–H and O–H groups in total. The van der Waals surface area contributed by atoms with Crippen LogP contribution in [0.1, 0.15) is 35.0 Å². The van der Waals surface area contributed by atoms with Crippen molar-refractivity contribution < 1.29 is 9.53 Å². The minimum Gasteiger partial charge on any atom is -0.496 e. The zero-order valence-corrected chi connectivity index (χ0v) is 17.3. The molecule has 1 saturated carbocycles. The number of thiazole rings is 1. The van der Waals surface area contributed by atoms with E-state index in [9.17, 15) is 4.79 Å². The number of para-hydroxylation sites is 1. The molecule has 1 aromatic heterocycles. The van der Waals surface area contributed by atoms with Gasteiger partial charge >= 0.3 is 0 Å². The predicted molar refractivity (Wildman–Crippen MR) is 115 cm³/mol. The average Bonchev–Trinajstić information content (AvgIpc) is 3.47. The first kappa shape index (κ1) is 19.6. The number of rotatable bonds is 9. The maximum Gasteiger partial charge on any atom is 0.235 e. The Hall–Kier alpha value is -2.70. The van der Waals surface area contributed by atoms with Crippen LogP contribution in [0.25, 0.3) is 0 Å². The van der Waals surface area contributed by atoms with Gasteiger partial charge in [-0.3, -0.25) is 9.69 Å². The SMILES string of the molecule is COc1ccccc1CN(CC(=O)NC(c1ccccc1)c1nccs1)C1CC1. The fraction of sp³-hybridized carbons (Fsp3) is 0.304. The van der Waals surface area contributed by atoms with Crippen molar-refractivity contribution in [2.75, 3.05) is 13.7 Å². The molecular weight excluding hydrogens is 382 g/mol. The summed E-state index contributed by atoms with van der Waals surface area (Å²) in [5, 5.41) is 6.03. The molecule has 0 bridgehead atoms. The van der Waals surface area contributed by atoms with Crippen molar-refractivity contribution in [2.45, 2.75) is 31.5 Å². The Morgan fingerprint density at radius 3 is 2.66 bits per heavy atom. The van der Waals surface area contributed by atoms with Crippen LogP contribution in [0.15, 0.2) is 66.2 Å². The van der Waals surface area contributed by atoms with Crippen molar-refractivity contribution >= 4 is 17.2 Å². The Morgan fingerprint density at radius 2 is 1.97 bits per heavy atom. The highest BCUT2D eigenvalue weighted by molar-refractivity contribution is 7.09. The molecule has 1 unspecified atom stereocenters. The minimum absolute atomic E-state index is 0.0100. The lowest BCUT2D eigenvalue weighted by molar-refractivity contribution is -0.123. The van der Waals surface area contributed by atoms with Gasteiger partial charge in [0.05, 0.1) is 13.7 Å². The maximum atomic E-state index is 13.0. The fourth-order valence-corrected chi connectivity index (χ4v) is 4.22. The van der Waals surface area contributed by atoms with E-state index >= 15 is 0 Å². The molecule has 1 aliphatic rings. The molecule has 0 spiro atoms. The van der Waals surface area contributed by atoms with Crippen LogP contribution in [-0.2, 0) is 11.3 Å². The lowest BCUT2D eigenvalue weighted by Gasteiger charge is -2.24. The Labute approximate surface area is 175 Å². The summed E-state index contributed by atoms with van der Waals surface area (Å²) in [6.45, 7) is 1.06. The number of nitrogens with one attached hydrogen (secondary N) is 1. The third kappa shape index (κ3) is 5.02. The number of carbonyl (C=O) groups is 1. The van der Waals surface area contributed by atoms with Crippen LogP contribution in [-0.4, -0.2) is 35.5 Å². The van der Waals surface area contributed by atoms with Crippen molar-refractivity contribution in [1.29, 1.82) is 0 Å². The van der Waals surface area contributed by atoms with Crippen molar-refractivity contribution in [3.8, 4) is 5.75 Å². The van der Waals surface area contributed by atoms with Crippen molar-refractivity contribution in [1.82, 2.24) is 15.2 Å². The van der Waals surface area contributed by atoms with Gasteiger partial charge in [0, 0.05) is 29.7 Å². The van der Waals surface area contributed by atoms with Crippen LogP contribution in [0.5, 0.6) is 5.75 Å². The highest BCUT2D eigenvalue weighted by Gasteiger charge is 2.31. The summed E-state index contributed by atoms with van der Waals surface area (Å²) in [5.74, 6) is 0.874. The van der Waals surface area contributed by atoms with Gasteiger partial charge in [-0.05, 0) is 24.5 Å². The standard InChI is InChI=1S/C23H25N3O2S/c1-28-20-10-6-5-9-18(20)15-26(19-11-12-19)16-21(27)25-22(23-24-13-14-29-23)17-7-3-2-4-8-17/h2-10,13-14,19,22H,11-12,15-16H2,1H3,(H,25,27). The number of benzene rings is 2. The smallest absolute Gasteiger partial charge is 0.235 e. The van der Waals surface area contributed by atoms with Crippen LogP contribution < -0.4 is 10.1 Å². The van der Waals surface area contributed by atoms with E-state index in [0.717, 1.165) is 34.7 Å². The fourth-order valence-electron chi connectivity index (χ4n) is 3.51. The van der Waals surface area contributed by atoms with Gasteiger partial charge in [-0.25, -0.2) is 4.98 Å². The molecule has 1 amide bonds. The number of hydrogen-bond donors (Lipinski definition) is 1. The number of carbonyl (C=O) groups excluding carboxylic acids is 1. The lowest BCUT2D eigenvalue weighted by atomic mass is 10.1. The van der Waals surface area contributed by atoms with Gasteiger partial charge in [-0.15, -0.1) is 11.3 Å². The molecule has 0 aliphatic heterocycles. The Bertz CT molecular complexity index is 926. The Kier molecular flexibility index (Phi) is 6.22. The van der Waals surface area contributed by atoms with E-state index in [1.165, 1.54) is 0 Å². The second kappa shape index (κ2) is 9.20. The lowest BCUT2D eigenvalue weighted by Crippen LogP contribution is -2.40. The first-order valence-electron chi connectivity index (χ1n) is 9.84. The van der Waals surface area contributed by atoms with Gasteiger partial charge in [0.1, 0.15) is 16.8 Å². The maximum absolute atomic E-state index is 13.0. The second-order valence-electron chi connectivity index (χ2n) is 7.23. The zero-order valence-electron chi connectivity index (χ0n) is 16.5. The number of amides is 1. The van der Waals surface area contributed by atoms with Crippen LogP contribution in [0, 0.1) is 0 Å². The Morgan fingerprint density at radius 1 is 1.21 bits per heavy atom. The minimum atomic E-state index is -0.226. The summed E-state index contributed by atoms with van der Waals surface area (Å²) in [7, 11) is 1.69. The molecular formula is C23H25N3O2S. The second-order valence-corrected chi connectivity index (χ2v) is 8.16. The summed E-state index contributed by atoms with van der Waals surface area (Å²) < 4.78 is 5.49. The van der Waals surface area contributed by atoms with Crippen molar-refractivity contribution in [3.63, 3.8) is 0 Å². The quantitative estimate of drug-likeness (QED) is 0.582. The van der Waals surface area contributed by atoms with E-state index in [4.69, 9.17) is 4.74 Å². The summed E-state index contributed by atoms with van der Waals surface area (Å²) in [5.41, 5.74) is 2.15. The van der Waals surface area contributed by atoms with Gasteiger partial charge in [0.15, 0.2) is 0 Å². The molecule has 2 aromatic carbocycles. The number of nitrogens with zero attached hydrogens (tertiary/aromatic N) is 2. The molecule has 1 atom stereocenters. The largest absolute Gasteiger partial charge is 0.496 e. The molecule has 150 valence electrons. The van der Waals surface area contributed by atoms with Gasteiger partial charge in [-0.1, -0.05) is 48.5 Å². The zero-order chi connectivity index (χ0) is 20.1. The van der Waals surface area contributed by atoms with Crippen LogP contribution >= 0.6 is 11.3 Å². The van der Waals surface area contributed by atoms with E-state index in [0.29, 0.717) is 19.1 Å². The van der Waals surface area contributed by atoms with E-state index in [2.05, 4.69) is 21.3 Å². The van der Waals surface area contributed by atoms with Crippen LogP contribution in [0.4, 0.5) is 0 Å². The first-order chi connectivity index (χ1) is 14.2. The summed E-state index contributed by atoms with van der Waals surface area (Å²) in [6.07, 6.45) is 4.05. The summed E-state index contributed by atoms with van der Waals surface area (Å²) in [4.78, 5) is 19.7. The molecule has 1 aliphatic carbocycles. The van der Waals surface area contributed by atoms with Gasteiger partial charge in [-0.2, -0.15) is 0 Å². The summed E-state index contributed by atoms with van der Waals surface area (Å²) >= 11 is 1.56. The molecule has 0 radical (unpaired) electrons. The number of aromatic nitrogens is 1. The van der Waals surface area contributed by atoms with Gasteiger partial charge in [0.25, 0.3) is 0 Å². The molecule has 1 fully saturated rings. The monoisotopic (exact) mass is 407 g/mol. The first-order valence-corrected chi connectivity index (χ1v) is 10.7. The topological polar surface area (TPSA) is 54.5 Å². The summed E-state index contributed by atoms with van der Waals surface area (Å²) in [6, 6.07) is 18.2. The molecule has 5 nitrogen and oxygen atoms in total. The molecule has 3 aromatic rings. The number of ether oxygens (including phenoxy) is 1. The normalized spacial score (nSPS) is 14.6. The van der Waals surface area contributed by atoms with E-state index in [1.807, 2.05) is 53.9 Å². The number of methoxy groups -OCH3 is 1. The number of hydrogen-bond acceptors (Lipinski definition) is 5. The van der Waals surface area contributed by atoms with Crippen LogP contribution in [0.2, 0.25) is 0 Å². The average molecular weight is 408 g/mol. The van der Waals surface area contributed by atoms with Gasteiger partial charge in [0.2, 0.25) is 5.91 Å². The molecule has 4 rings (SSSR count). The molecule has 1 heterocycles. The van der Waals surface area contributed by atoms with Crippen molar-refractivity contribution in [2.24, 2.45) is 0 Å². The predicted octanol–water partition coefficient (Wildman–Crippen LogP) is 4.02. The van der Waals surface area contributed by atoms with Gasteiger partial charge < -0.3 is 10.1 Å². The molecule has 0 saturated heterocycles. The third-order valence-electron chi connectivity index (χ3n) is 5.11.